The quantitative estimate of drug-likeness (QED) is 0.0932. The number of thioether (sulfide) groups is 1. The van der Waals surface area contributed by atoms with Gasteiger partial charge in [0.25, 0.3) is 11.8 Å². The van der Waals surface area contributed by atoms with Crippen LogP contribution in [0.3, 0.4) is 0 Å². The molecule has 6 rings (SSSR count). The first kappa shape index (κ1) is 33.0. The summed E-state index contributed by atoms with van der Waals surface area (Å²) >= 11 is 1.52. The van der Waals surface area contributed by atoms with E-state index in [1.807, 2.05) is 36.4 Å². The highest BCUT2D eigenvalue weighted by Gasteiger charge is 2.17. The van der Waals surface area contributed by atoms with Crippen molar-refractivity contribution in [3.8, 4) is 28.6 Å². The zero-order chi connectivity index (χ0) is 34.0. The molecule has 0 atom stereocenters. The average Bonchev–Trinajstić information content (AvgIpc) is 3.60. The van der Waals surface area contributed by atoms with Gasteiger partial charge in [-0.1, -0.05) is 30.3 Å². The van der Waals surface area contributed by atoms with Crippen molar-refractivity contribution in [2.75, 3.05) is 36.7 Å². The molecular formula is C38H33N3O7S. The van der Waals surface area contributed by atoms with Crippen molar-refractivity contribution in [2.45, 2.75) is 11.3 Å². The SMILES string of the molecule is COc1ccccc1-c1ccc(C=C(NC(=O)c2ccccc2)C(=O)Nc2ccc(SCCC(=O)Nc3ccc4c(c3)OCCO4)cc2)o1. The zero-order valence-electron chi connectivity index (χ0n) is 26.6. The van der Waals surface area contributed by atoms with E-state index in [2.05, 4.69) is 16.0 Å². The second-order valence-corrected chi connectivity index (χ2v) is 11.9. The highest BCUT2D eigenvalue weighted by atomic mass is 32.2. The van der Waals surface area contributed by atoms with E-state index in [4.69, 9.17) is 18.6 Å². The van der Waals surface area contributed by atoms with Gasteiger partial charge in [-0.15, -0.1) is 11.8 Å². The number of hydrogen-bond donors (Lipinski definition) is 3. The van der Waals surface area contributed by atoms with Crippen molar-refractivity contribution in [2.24, 2.45) is 0 Å². The van der Waals surface area contributed by atoms with E-state index in [1.165, 1.54) is 17.8 Å². The lowest BCUT2D eigenvalue weighted by atomic mass is 10.1. The summed E-state index contributed by atoms with van der Waals surface area (Å²) < 4.78 is 22.6. The van der Waals surface area contributed by atoms with Crippen molar-refractivity contribution in [1.82, 2.24) is 5.32 Å². The van der Waals surface area contributed by atoms with E-state index >= 15 is 0 Å². The zero-order valence-corrected chi connectivity index (χ0v) is 27.4. The summed E-state index contributed by atoms with van der Waals surface area (Å²) in [4.78, 5) is 40.0. The van der Waals surface area contributed by atoms with Crippen LogP contribution < -0.4 is 30.2 Å². The molecule has 3 amide bonds. The lowest BCUT2D eigenvalue weighted by Crippen LogP contribution is -2.30. The van der Waals surface area contributed by atoms with Crippen molar-refractivity contribution in [1.29, 1.82) is 0 Å². The Labute approximate surface area is 287 Å². The van der Waals surface area contributed by atoms with E-state index in [0.717, 1.165) is 10.5 Å². The standard InChI is InChI=1S/C38H33N3O7S/c1-45-32-10-6-5-9-30(32)33-18-14-28(48-33)24-31(41-37(43)25-7-3-2-4-8-25)38(44)40-26-11-15-29(16-12-26)49-22-19-36(42)39-27-13-17-34-35(23-27)47-21-20-46-34/h2-18,23-24H,19-22H2,1H3,(H,39,42)(H,40,44)(H,41,43). The number of nitrogens with one attached hydrogen (secondary N) is 3. The Morgan fingerprint density at radius 2 is 1.53 bits per heavy atom. The molecule has 2 heterocycles. The highest BCUT2D eigenvalue weighted by molar-refractivity contribution is 7.99. The lowest BCUT2D eigenvalue weighted by molar-refractivity contribution is -0.116. The number of amides is 3. The summed E-state index contributed by atoms with van der Waals surface area (Å²) in [5.41, 5.74) is 2.33. The van der Waals surface area contributed by atoms with Gasteiger partial charge in [-0.3, -0.25) is 14.4 Å². The van der Waals surface area contributed by atoms with E-state index in [9.17, 15) is 14.4 Å². The molecule has 0 unspecified atom stereocenters. The fraction of sp³-hybridized carbons (Fsp3) is 0.132. The van der Waals surface area contributed by atoms with Crippen LogP contribution >= 0.6 is 11.8 Å². The highest BCUT2D eigenvalue weighted by Crippen LogP contribution is 2.33. The van der Waals surface area contributed by atoms with Gasteiger partial charge in [-0.2, -0.15) is 0 Å². The number of fused-ring (bicyclic) bond motifs is 1. The Morgan fingerprint density at radius 1 is 0.796 bits per heavy atom. The summed E-state index contributed by atoms with van der Waals surface area (Å²) in [5, 5.41) is 8.47. The van der Waals surface area contributed by atoms with E-state index in [1.54, 1.807) is 79.9 Å². The van der Waals surface area contributed by atoms with Crippen LogP contribution in [0.4, 0.5) is 11.4 Å². The van der Waals surface area contributed by atoms with Crippen molar-refractivity contribution >= 4 is 46.9 Å². The molecule has 10 nitrogen and oxygen atoms in total. The van der Waals surface area contributed by atoms with Gasteiger partial charge in [0.15, 0.2) is 11.5 Å². The maximum absolute atomic E-state index is 13.5. The Balaban J connectivity index is 1.08. The van der Waals surface area contributed by atoms with Crippen molar-refractivity contribution in [3.05, 3.63) is 126 Å². The third-order valence-electron chi connectivity index (χ3n) is 7.35. The van der Waals surface area contributed by atoms with Crippen LogP contribution in [-0.2, 0) is 9.59 Å². The van der Waals surface area contributed by atoms with Gasteiger partial charge in [-0.25, -0.2) is 0 Å². The number of carbonyl (C=O) groups excluding carboxylic acids is 3. The van der Waals surface area contributed by atoms with Gasteiger partial charge in [0.1, 0.15) is 36.2 Å². The molecule has 4 aromatic carbocycles. The molecular weight excluding hydrogens is 642 g/mol. The predicted molar refractivity (Wildman–Crippen MR) is 189 cm³/mol. The minimum absolute atomic E-state index is 0.00254. The minimum atomic E-state index is -0.532. The largest absolute Gasteiger partial charge is 0.496 e. The van der Waals surface area contributed by atoms with Crippen LogP contribution in [0.1, 0.15) is 22.5 Å². The number of rotatable bonds is 12. The molecule has 0 spiro atoms. The Morgan fingerprint density at radius 3 is 2.33 bits per heavy atom. The maximum Gasteiger partial charge on any atom is 0.272 e. The Bertz CT molecular complexity index is 1970. The van der Waals surface area contributed by atoms with Crippen molar-refractivity contribution < 1.29 is 33.0 Å². The molecule has 1 aromatic heterocycles. The molecule has 49 heavy (non-hydrogen) atoms. The first-order valence-corrected chi connectivity index (χ1v) is 16.5. The third kappa shape index (κ3) is 8.70. The molecule has 248 valence electrons. The second-order valence-electron chi connectivity index (χ2n) is 10.8. The summed E-state index contributed by atoms with van der Waals surface area (Å²) in [6, 6.07) is 32.1. The molecule has 11 heteroatoms. The molecule has 0 saturated heterocycles. The summed E-state index contributed by atoms with van der Waals surface area (Å²) in [5.74, 6) is 2.31. The first-order valence-electron chi connectivity index (χ1n) is 15.5. The summed E-state index contributed by atoms with van der Waals surface area (Å²) in [6.07, 6.45) is 1.79. The van der Waals surface area contributed by atoms with Gasteiger partial charge in [0.2, 0.25) is 5.91 Å². The number of hydrogen-bond acceptors (Lipinski definition) is 8. The lowest BCUT2D eigenvalue weighted by Gasteiger charge is -2.19. The minimum Gasteiger partial charge on any atom is -0.496 e. The smallest absolute Gasteiger partial charge is 0.272 e. The van der Waals surface area contributed by atoms with Crippen LogP contribution in [-0.4, -0.2) is 43.8 Å². The molecule has 1 aliphatic rings. The number of furan rings is 1. The van der Waals surface area contributed by atoms with Gasteiger partial charge in [0.05, 0.1) is 12.7 Å². The van der Waals surface area contributed by atoms with Gasteiger partial charge >= 0.3 is 0 Å². The van der Waals surface area contributed by atoms with E-state index < -0.39 is 11.8 Å². The van der Waals surface area contributed by atoms with Crippen LogP contribution in [0.25, 0.3) is 17.4 Å². The van der Waals surface area contributed by atoms with Gasteiger partial charge in [0, 0.05) is 46.1 Å². The predicted octanol–water partition coefficient (Wildman–Crippen LogP) is 7.26. The number of methoxy groups -OCH3 is 1. The summed E-state index contributed by atoms with van der Waals surface area (Å²) in [7, 11) is 1.58. The van der Waals surface area contributed by atoms with E-state index in [-0.39, 0.29) is 11.6 Å². The number of benzene rings is 4. The molecule has 1 aliphatic heterocycles. The normalized spacial score (nSPS) is 12.1. The number of carbonyl (C=O) groups is 3. The molecule has 5 aromatic rings. The van der Waals surface area contributed by atoms with Crippen LogP contribution in [0, 0.1) is 0 Å². The fourth-order valence-corrected chi connectivity index (χ4v) is 5.80. The van der Waals surface area contributed by atoms with Gasteiger partial charge in [-0.05, 0) is 72.8 Å². The van der Waals surface area contributed by atoms with Crippen LogP contribution in [0.5, 0.6) is 17.2 Å². The second kappa shape index (κ2) is 15.8. The fourth-order valence-electron chi connectivity index (χ4n) is 4.95. The number of anilines is 2. The Hall–Kier alpha value is -5.94. The molecule has 0 fully saturated rings. The molecule has 0 radical (unpaired) electrons. The summed E-state index contributed by atoms with van der Waals surface area (Å²) in [6.45, 7) is 0.983. The van der Waals surface area contributed by atoms with Crippen LogP contribution in [0.2, 0.25) is 0 Å². The third-order valence-corrected chi connectivity index (χ3v) is 8.36. The molecule has 0 saturated carbocycles. The topological polar surface area (TPSA) is 128 Å². The molecule has 0 bridgehead atoms. The Kier molecular flexibility index (Phi) is 10.6. The van der Waals surface area contributed by atoms with Crippen LogP contribution in [0.15, 0.2) is 124 Å². The monoisotopic (exact) mass is 675 g/mol. The molecule has 0 aliphatic carbocycles. The van der Waals surface area contributed by atoms with Crippen molar-refractivity contribution in [3.63, 3.8) is 0 Å². The number of para-hydroxylation sites is 1. The van der Waals surface area contributed by atoms with E-state index in [0.29, 0.717) is 71.1 Å². The maximum atomic E-state index is 13.5. The first-order chi connectivity index (χ1) is 23.9. The number of ether oxygens (including phenoxy) is 3. The molecule has 3 N–H and O–H groups in total. The average molecular weight is 676 g/mol. The van der Waals surface area contributed by atoms with Gasteiger partial charge < -0.3 is 34.6 Å².